The molecular weight excluding hydrogens is 380 g/mol. The second kappa shape index (κ2) is 9.65. The molecule has 0 amide bonds. The van der Waals surface area contributed by atoms with E-state index >= 15 is 0 Å². The molecule has 152 valence electrons. The first-order chi connectivity index (χ1) is 14.1. The summed E-state index contributed by atoms with van der Waals surface area (Å²) < 4.78 is 10.9. The lowest BCUT2D eigenvalue weighted by molar-refractivity contribution is 0.415. The molecule has 1 aromatic carbocycles. The fourth-order valence-corrected chi connectivity index (χ4v) is 3.66. The Labute approximate surface area is 177 Å². The number of nitrogens with one attached hydrogen (secondary N) is 1. The van der Waals surface area contributed by atoms with Crippen LogP contribution in [-0.2, 0) is 7.05 Å². The lowest BCUT2D eigenvalue weighted by atomic mass is 10.0. The van der Waals surface area contributed by atoms with Crippen molar-refractivity contribution in [3.8, 4) is 16.9 Å². The minimum atomic E-state index is 0.536. The lowest BCUT2D eigenvalue weighted by Gasteiger charge is -2.09. The van der Waals surface area contributed by atoms with Gasteiger partial charge in [-0.2, -0.15) is 0 Å². The smallest absolute Gasteiger partial charge is 0.142 e. The Balaban J connectivity index is 1.96. The molecule has 0 radical (unpaired) electrons. The molecule has 1 atom stereocenters. The number of aromatic nitrogens is 2. The van der Waals surface area contributed by atoms with Gasteiger partial charge in [-0.25, -0.2) is 4.98 Å². The van der Waals surface area contributed by atoms with E-state index in [9.17, 15) is 0 Å². The predicted molar refractivity (Wildman–Crippen MR) is 126 cm³/mol. The molecule has 29 heavy (non-hydrogen) atoms. The summed E-state index contributed by atoms with van der Waals surface area (Å²) in [7, 11) is 5.52. The van der Waals surface area contributed by atoms with Gasteiger partial charge in [0, 0.05) is 44.0 Å². The minimum absolute atomic E-state index is 0.536. The molecule has 5 nitrogen and oxygen atoms in total. The summed E-state index contributed by atoms with van der Waals surface area (Å²) >= 11 is 1.51. The SMILES string of the molecule is CCC(C)/C=C\C(=NC)SNc1ccnc2c1c(-c1cccc(OC)c1)cn2C. The van der Waals surface area contributed by atoms with E-state index in [2.05, 4.69) is 57.5 Å². The van der Waals surface area contributed by atoms with E-state index in [-0.39, 0.29) is 0 Å². The lowest BCUT2D eigenvalue weighted by Crippen LogP contribution is -1.97. The maximum Gasteiger partial charge on any atom is 0.142 e. The van der Waals surface area contributed by atoms with E-state index in [1.807, 2.05) is 44.6 Å². The van der Waals surface area contributed by atoms with Crippen molar-refractivity contribution in [3.63, 3.8) is 0 Å². The van der Waals surface area contributed by atoms with E-state index in [1.54, 1.807) is 7.11 Å². The highest BCUT2D eigenvalue weighted by Gasteiger charge is 2.14. The van der Waals surface area contributed by atoms with Gasteiger partial charge in [0.25, 0.3) is 0 Å². The fourth-order valence-electron chi connectivity index (χ4n) is 3.04. The van der Waals surface area contributed by atoms with Crippen molar-refractivity contribution in [1.82, 2.24) is 9.55 Å². The molecule has 0 spiro atoms. The molecule has 1 N–H and O–H groups in total. The monoisotopic (exact) mass is 408 g/mol. The second-order valence-corrected chi connectivity index (χ2v) is 7.78. The Morgan fingerprint density at radius 1 is 1.38 bits per heavy atom. The Morgan fingerprint density at radius 2 is 2.21 bits per heavy atom. The molecule has 6 heteroatoms. The Hall–Kier alpha value is -2.73. The molecule has 2 aromatic heterocycles. The number of hydrogen-bond acceptors (Lipinski definition) is 5. The highest BCUT2D eigenvalue weighted by molar-refractivity contribution is 8.15. The number of ether oxygens (including phenoxy) is 1. The normalized spacial score (nSPS) is 13.2. The Kier molecular flexibility index (Phi) is 6.99. The van der Waals surface area contributed by atoms with Crippen LogP contribution in [-0.4, -0.2) is 28.8 Å². The van der Waals surface area contributed by atoms with Crippen LogP contribution in [0.25, 0.3) is 22.2 Å². The Morgan fingerprint density at radius 3 is 2.93 bits per heavy atom. The van der Waals surface area contributed by atoms with Gasteiger partial charge in [-0.1, -0.05) is 38.5 Å². The van der Waals surface area contributed by atoms with Crippen molar-refractivity contribution in [1.29, 1.82) is 0 Å². The third-order valence-corrected chi connectivity index (χ3v) is 5.78. The number of rotatable bonds is 7. The topological polar surface area (TPSA) is 51.4 Å². The van der Waals surface area contributed by atoms with Gasteiger partial charge >= 0.3 is 0 Å². The van der Waals surface area contributed by atoms with Crippen molar-refractivity contribution in [2.24, 2.45) is 18.0 Å². The molecule has 0 aliphatic carbocycles. The molecule has 0 fully saturated rings. The molecule has 0 aliphatic rings. The fraction of sp³-hybridized carbons (Fsp3) is 0.304. The summed E-state index contributed by atoms with van der Waals surface area (Å²) in [6.07, 6.45) is 9.34. The van der Waals surface area contributed by atoms with Crippen LogP contribution in [0.1, 0.15) is 20.3 Å². The average molecular weight is 409 g/mol. The maximum absolute atomic E-state index is 5.41. The molecular formula is C23H28N4OS. The highest BCUT2D eigenvalue weighted by Crippen LogP contribution is 2.36. The number of aryl methyl sites for hydroxylation is 1. The van der Waals surface area contributed by atoms with Crippen LogP contribution >= 0.6 is 11.9 Å². The third kappa shape index (κ3) is 4.82. The van der Waals surface area contributed by atoms with Crippen molar-refractivity contribution in [3.05, 3.63) is 54.9 Å². The number of methoxy groups -OCH3 is 1. The number of hydrogen-bond donors (Lipinski definition) is 1. The Bertz CT molecular complexity index is 1040. The van der Waals surface area contributed by atoms with Crippen LogP contribution < -0.4 is 9.46 Å². The van der Waals surface area contributed by atoms with Crippen molar-refractivity contribution < 1.29 is 4.74 Å². The van der Waals surface area contributed by atoms with Gasteiger partial charge in [-0.05, 0) is 35.8 Å². The zero-order valence-corrected chi connectivity index (χ0v) is 18.5. The molecule has 1 unspecified atom stereocenters. The number of allylic oxidation sites excluding steroid dienone is 1. The van der Waals surface area contributed by atoms with Gasteiger partial charge in [-0.3, -0.25) is 4.99 Å². The number of nitrogens with zero attached hydrogens (tertiary/aromatic N) is 3. The first-order valence-corrected chi connectivity index (χ1v) is 10.5. The zero-order valence-electron chi connectivity index (χ0n) is 17.6. The van der Waals surface area contributed by atoms with Crippen LogP contribution in [0.5, 0.6) is 5.75 Å². The molecule has 2 heterocycles. The van der Waals surface area contributed by atoms with Gasteiger partial charge in [-0.15, -0.1) is 0 Å². The average Bonchev–Trinajstić information content (AvgIpc) is 3.11. The minimum Gasteiger partial charge on any atom is -0.497 e. The van der Waals surface area contributed by atoms with Gasteiger partial charge in [0.15, 0.2) is 0 Å². The number of fused-ring (bicyclic) bond motifs is 1. The number of benzene rings is 1. The van der Waals surface area contributed by atoms with Crippen LogP contribution in [0, 0.1) is 5.92 Å². The second-order valence-electron chi connectivity index (χ2n) is 6.95. The first-order valence-electron chi connectivity index (χ1n) is 9.73. The largest absolute Gasteiger partial charge is 0.497 e. The maximum atomic E-state index is 5.41. The van der Waals surface area contributed by atoms with Crippen molar-refractivity contribution >= 4 is 33.7 Å². The number of aliphatic imine (C=N–C) groups is 1. The molecule has 0 saturated carbocycles. The van der Waals surface area contributed by atoms with Crippen LogP contribution in [0.15, 0.2) is 59.9 Å². The van der Waals surface area contributed by atoms with Crippen LogP contribution in [0.3, 0.4) is 0 Å². The van der Waals surface area contributed by atoms with Gasteiger partial charge in [0.1, 0.15) is 16.4 Å². The van der Waals surface area contributed by atoms with Gasteiger partial charge < -0.3 is 14.0 Å². The van der Waals surface area contributed by atoms with E-state index in [0.717, 1.165) is 45.1 Å². The van der Waals surface area contributed by atoms with Crippen molar-refractivity contribution in [2.75, 3.05) is 18.9 Å². The molecule has 0 aliphatic heterocycles. The predicted octanol–water partition coefficient (Wildman–Crippen LogP) is 5.94. The highest BCUT2D eigenvalue weighted by atomic mass is 32.2. The van der Waals surface area contributed by atoms with E-state index in [4.69, 9.17) is 4.74 Å². The molecule has 3 rings (SSSR count). The zero-order chi connectivity index (χ0) is 20.8. The van der Waals surface area contributed by atoms with Crippen LogP contribution in [0.4, 0.5) is 5.69 Å². The quantitative estimate of drug-likeness (QED) is 0.299. The third-order valence-electron chi connectivity index (χ3n) is 4.94. The first kappa shape index (κ1) is 21.0. The summed E-state index contributed by atoms with van der Waals surface area (Å²) in [5.41, 5.74) is 4.15. The van der Waals surface area contributed by atoms with Gasteiger partial charge in [0.2, 0.25) is 0 Å². The summed E-state index contributed by atoms with van der Waals surface area (Å²) in [5.74, 6) is 1.37. The van der Waals surface area contributed by atoms with Gasteiger partial charge in [0.05, 0.1) is 18.2 Å². The van der Waals surface area contributed by atoms with Crippen LogP contribution in [0.2, 0.25) is 0 Å². The number of anilines is 1. The summed E-state index contributed by atoms with van der Waals surface area (Å²) in [5, 5.41) is 2.02. The van der Waals surface area contributed by atoms with Crippen molar-refractivity contribution in [2.45, 2.75) is 20.3 Å². The van der Waals surface area contributed by atoms with E-state index in [0.29, 0.717) is 5.92 Å². The molecule has 0 bridgehead atoms. The van der Waals surface area contributed by atoms with E-state index < -0.39 is 0 Å². The molecule has 3 aromatic rings. The summed E-state index contributed by atoms with van der Waals surface area (Å²) in [6.45, 7) is 4.39. The summed E-state index contributed by atoms with van der Waals surface area (Å²) in [6, 6.07) is 10.1. The molecule has 0 saturated heterocycles. The summed E-state index contributed by atoms with van der Waals surface area (Å²) in [4.78, 5) is 8.98. The standard InChI is InChI=1S/C23H28N4OS/c1-6-16(2)10-11-21(24-3)29-26-20-12-13-25-23-22(20)19(15-27(23)4)17-8-7-9-18(14-17)28-5/h7-16H,6H2,1-5H3,(H,25,26)/b11-10-,24-21?. The van der Waals surface area contributed by atoms with E-state index in [1.165, 1.54) is 11.9 Å². The number of pyridine rings is 1.